The summed E-state index contributed by atoms with van der Waals surface area (Å²) in [6, 6.07) is 8.02. The van der Waals surface area contributed by atoms with Crippen molar-refractivity contribution in [1.29, 1.82) is 0 Å². The van der Waals surface area contributed by atoms with Crippen LogP contribution in [0.5, 0.6) is 5.75 Å². The van der Waals surface area contributed by atoms with Crippen LogP contribution >= 0.6 is 11.3 Å². The predicted octanol–water partition coefficient (Wildman–Crippen LogP) is 5.02. The van der Waals surface area contributed by atoms with Crippen LogP contribution in [0.25, 0.3) is 10.2 Å². The molecule has 0 saturated heterocycles. The third kappa shape index (κ3) is 2.73. The minimum Gasteiger partial charge on any atom is -0.492 e. The van der Waals surface area contributed by atoms with Gasteiger partial charge in [-0.15, -0.1) is 11.3 Å². The molecule has 1 aliphatic rings. The molecular formula is C19H21N3OS. The van der Waals surface area contributed by atoms with Crippen molar-refractivity contribution in [2.45, 2.75) is 39.5 Å². The zero-order chi connectivity index (χ0) is 16.5. The highest BCUT2D eigenvalue weighted by Gasteiger charge is 2.21. The Morgan fingerprint density at radius 3 is 2.88 bits per heavy atom. The highest BCUT2D eigenvalue weighted by Crippen LogP contribution is 2.40. The molecule has 0 atom stereocenters. The molecule has 1 aliphatic carbocycles. The monoisotopic (exact) mass is 339 g/mol. The zero-order valence-electron chi connectivity index (χ0n) is 14.1. The molecule has 1 N–H and O–H groups in total. The number of ether oxygens (including phenoxy) is 1. The van der Waals surface area contributed by atoms with E-state index in [1.54, 1.807) is 0 Å². The minimum atomic E-state index is 0.644. The maximum absolute atomic E-state index is 5.74. The van der Waals surface area contributed by atoms with Crippen LogP contribution in [0.4, 0.5) is 11.5 Å². The summed E-state index contributed by atoms with van der Waals surface area (Å²) < 4.78 is 5.74. The van der Waals surface area contributed by atoms with Crippen LogP contribution in [-0.2, 0) is 12.8 Å². The van der Waals surface area contributed by atoms with Gasteiger partial charge in [-0.2, -0.15) is 0 Å². The topological polar surface area (TPSA) is 47.0 Å². The molecule has 2 heterocycles. The fraction of sp³-hybridized carbons (Fsp3) is 0.368. The van der Waals surface area contributed by atoms with Crippen molar-refractivity contribution in [2.24, 2.45) is 0 Å². The van der Waals surface area contributed by atoms with Crippen LogP contribution in [0, 0.1) is 6.92 Å². The fourth-order valence-electron chi connectivity index (χ4n) is 3.33. The molecule has 5 heteroatoms. The second kappa shape index (κ2) is 6.40. The fourth-order valence-corrected chi connectivity index (χ4v) is 4.64. The Balaban J connectivity index is 1.83. The summed E-state index contributed by atoms with van der Waals surface area (Å²) in [4.78, 5) is 12.0. The molecule has 0 saturated carbocycles. The van der Waals surface area contributed by atoms with E-state index in [2.05, 4.69) is 10.3 Å². The van der Waals surface area contributed by atoms with E-state index in [0.717, 1.165) is 34.3 Å². The van der Waals surface area contributed by atoms with Crippen molar-refractivity contribution in [3.05, 3.63) is 40.5 Å². The van der Waals surface area contributed by atoms with E-state index in [0.29, 0.717) is 6.61 Å². The number of rotatable bonds is 4. The van der Waals surface area contributed by atoms with Gasteiger partial charge in [0.25, 0.3) is 0 Å². The summed E-state index contributed by atoms with van der Waals surface area (Å²) in [5.41, 5.74) is 2.40. The first kappa shape index (κ1) is 15.4. The number of nitrogens with zero attached hydrogens (tertiary/aromatic N) is 2. The molecule has 2 aromatic heterocycles. The van der Waals surface area contributed by atoms with Gasteiger partial charge in [0.15, 0.2) is 0 Å². The average molecular weight is 339 g/mol. The molecule has 0 spiro atoms. The lowest BCUT2D eigenvalue weighted by Crippen LogP contribution is -2.03. The van der Waals surface area contributed by atoms with Crippen LogP contribution in [0.15, 0.2) is 24.3 Å². The second-order valence-corrected chi connectivity index (χ2v) is 7.15. The van der Waals surface area contributed by atoms with E-state index in [4.69, 9.17) is 9.72 Å². The maximum atomic E-state index is 5.74. The van der Waals surface area contributed by atoms with E-state index in [1.165, 1.54) is 35.1 Å². The number of hydrogen-bond donors (Lipinski definition) is 1. The van der Waals surface area contributed by atoms with Crippen LogP contribution < -0.4 is 10.1 Å². The molecule has 0 aliphatic heterocycles. The summed E-state index contributed by atoms with van der Waals surface area (Å²) in [6.45, 7) is 4.60. The number of aromatic nitrogens is 2. The van der Waals surface area contributed by atoms with Crippen molar-refractivity contribution in [2.75, 3.05) is 11.9 Å². The van der Waals surface area contributed by atoms with Crippen LogP contribution in [0.1, 0.15) is 36.0 Å². The molecule has 0 radical (unpaired) electrons. The van der Waals surface area contributed by atoms with Crippen molar-refractivity contribution < 1.29 is 4.74 Å². The summed E-state index contributed by atoms with van der Waals surface area (Å²) in [5.74, 6) is 2.56. The van der Waals surface area contributed by atoms with E-state index >= 15 is 0 Å². The molecule has 4 rings (SSSR count). The Morgan fingerprint density at radius 2 is 2.00 bits per heavy atom. The Kier molecular flexibility index (Phi) is 4.10. The lowest BCUT2D eigenvalue weighted by atomic mass is 9.97. The Morgan fingerprint density at radius 1 is 1.17 bits per heavy atom. The van der Waals surface area contributed by atoms with E-state index < -0.39 is 0 Å². The maximum Gasteiger partial charge on any atom is 0.143 e. The number of para-hydroxylation sites is 2. The number of aryl methyl sites for hydroxylation is 3. The molecule has 1 aromatic carbocycles. The van der Waals surface area contributed by atoms with Gasteiger partial charge < -0.3 is 10.1 Å². The number of anilines is 2. The third-order valence-electron chi connectivity index (χ3n) is 4.37. The zero-order valence-corrected chi connectivity index (χ0v) is 14.9. The molecule has 4 nitrogen and oxygen atoms in total. The van der Waals surface area contributed by atoms with Gasteiger partial charge in [-0.25, -0.2) is 9.97 Å². The van der Waals surface area contributed by atoms with E-state index in [-0.39, 0.29) is 0 Å². The molecule has 0 fully saturated rings. The SMILES string of the molecule is CCOc1ccccc1Nc1nc(C)nc2sc3c(c12)CCCC3. The quantitative estimate of drug-likeness (QED) is 0.725. The van der Waals surface area contributed by atoms with Crippen molar-refractivity contribution >= 4 is 33.1 Å². The number of nitrogens with one attached hydrogen (secondary N) is 1. The summed E-state index contributed by atoms with van der Waals surface area (Å²) in [7, 11) is 0. The molecule has 0 amide bonds. The van der Waals surface area contributed by atoms with E-state index in [9.17, 15) is 0 Å². The van der Waals surface area contributed by atoms with Crippen molar-refractivity contribution in [3.8, 4) is 5.75 Å². The number of benzene rings is 1. The number of hydrogen-bond acceptors (Lipinski definition) is 5. The smallest absolute Gasteiger partial charge is 0.143 e. The van der Waals surface area contributed by atoms with Crippen molar-refractivity contribution in [1.82, 2.24) is 9.97 Å². The first-order chi connectivity index (χ1) is 11.8. The van der Waals surface area contributed by atoms with Crippen molar-refractivity contribution in [3.63, 3.8) is 0 Å². The normalized spacial score (nSPS) is 13.8. The molecule has 0 bridgehead atoms. The summed E-state index contributed by atoms with van der Waals surface area (Å²) in [6.07, 6.45) is 4.83. The third-order valence-corrected chi connectivity index (χ3v) is 5.55. The molecule has 124 valence electrons. The van der Waals surface area contributed by atoms with Gasteiger partial charge in [-0.05, 0) is 57.2 Å². The summed E-state index contributed by atoms with van der Waals surface area (Å²) in [5, 5.41) is 4.71. The Labute approximate surface area is 145 Å². The highest BCUT2D eigenvalue weighted by molar-refractivity contribution is 7.19. The molecule has 24 heavy (non-hydrogen) atoms. The average Bonchev–Trinajstić information content (AvgIpc) is 2.95. The standard InChI is InChI=1S/C19H21N3OS/c1-3-23-15-10-6-5-9-14(15)22-18-17-13-8-4-7-11-16(13)24-19(17)21-12(2)20-18/h5-6,9-10H,3-4,7-8,11H2,1-2H3,(H,20,21,22). The van der Waals surface area contributed by atoms with Gasteiger partial charge in [-0.3, -0.25) is 0 Å². The van der Waals surface area contributed by atoms with Gasteiger partial charge in [0.05, 0.1) is 17.7 Å². The molecule has 3 aromatic rings. The predicted molar refractivity (Wildman–Crippen MR) is 99.7 cm³/mol. The Hall–Kier alpha value is -2.14. The minimum absolute atomic E-state index is 0.644. The first-order valence-corrected chi connectivity index (χ1v) is 9.35. The second-order valence-electron chi connectivity index (χ2n) is 6.06. The highest BCUT2D eigenvalue weighted by atomic mass is 32.1. The molecular weight excluding hydrogens is 318 g/mol. The van der Waals surface area contributed by atoms with E-state index in [1.807, 2.05) is 49.4 Å². The van der Waals surface area contributed by atoms with Crippen LogP contribution in [-0.4, -0.2) is 16.6 Å². The lowest BCUT2D eigenvalue weighted by molar-refractivity contribution is 0.342. The Bertz CT molecular complexity index is 888. The van der Waals surface area contributed by atoms with Gasteiger partial charge in [0.2, 0.25) is 0 Å². The van der Waals surface area contributed by atoms with Crippen LogP contribution in [0.3, 0.4) is 0 Å². The van der Waals surface area contributed by atoms with Crippen LogP contribution in [0.2, 0.25) is 0 Å². The number of thiophene rings is 1. The largest absolute Gasteiger partial charge is 0.492 e. The molecule has 0 unspecified atom stereocenters. The van der Waals surface area contributed by atoms with Gasteiger partial charge in [-0.1, -0.05) is 12.1 Å². The van der Waals surface area contributed by atoms with Gasteiger partial charge in [0, 0.05) is 4.88 Å². The lowest BCUT2D eigenvalue weighted by Gasteiger charge is -2.15. The summed E-state index contributed by atoms with van der Waals surface area (Å²) >= 11 is 1.83. The number of fused-ring (bicyclic) bond motifs is 3. The van der Waals surface area contributed by atoms with Gasteiger partial charge >= 0.3 is 0 Å². The first-order valence-electron chi connectivity index (χ1n) is 8.54. The van der Waals surface area contributed by atoms with Gasteiger partial charge in [0.1, 0.15) is 22.2 Å².